The first-order valence-electron chi connectivity index (χ1n) is 6.20. The molecule has 0 saturated heterocycles. The molecule has 0 heterocycles. The number of ether oxygens (including phenoxy) is 1. The van der Waals surface area contributed by atoms with E-state index in [1.165, 1.54) is 29.3 Å². The summed E-state index contributed by atoms with van der Waals surface area (Å²) in [5.41, 5.74) is 1.40. The van der Waals surface area contributed by atoms with E-state index >= 15 is 0 Å². The van der Waals surface area contributed by atoms with Crippen LogP contribution in [0.1, 0.15) is 37.8 Å². The van der Waals surface area contributed by atoms with Crippen molar-refractivity contribution in [2.24, 2.45) is 0 Å². The molecule has 3 heteroatoms. The van der Waals surface area contributed by atoms with E-state index in [0.29, 0.717) is 6.04 Å². The van der Waals surface area contributed by atoms with Crippen molar-refractivity contribution in [1.29, 1.82) is 0 Å². The molecule has 1 aliphatic carbocycles. The van der Waals surface area contributed by atoms with Crippen LogP contribution in [0.15, 0.2) is 28.7 Å². The van der Waals surface area contributed by atoms with Crippen LogP contribution in [0, 0.1) is 0 Å². The lowest BCUT2D eigenvalue weighted by molar-refractivity contribution is -0.0706. The second-order valence-corrected chi connectivity index (χ2v) is 5.72. The van der Waals surface area contributed by atoms with Crippen LogP contribution >= 0.6 is 15.9 Å². The van der Waals surface area contributed by atoms with Gasteiger partial charge in [0.1, 0.15) is 0 Å². The van der Waals surface area contributed by atoms with Crippen LogP contribution < -0.4 is 5.32 Å². The third-order valence-corrected chi connectivity index (χ3v) is 4.52. The summed E-state index contributed by atoms with van der Waals surface area (Å²) >= 11 is 3.59. The molecule has 0 amide bonds. The number of halogens is 1. The molecular formula is C14H20BrNO. The lowest BCUT2D eigenvalue weighted by atomic mass is 9.80. The van der Waals surface area contributed by atoms with E-state index in [2.05, 4.69) is 46.4 Å². The van der Waals surface area contributed by atoms with Crippen LogP contribution in [-0.2, 0) is 4.74 Å². The molecule has 1 N–H and O–H groups in total. The molecule has 0 radical (unpaired) electrons. The summed E-state index contributed by atoms with van der Waals surface area (Å²) in [5, 5.41) is 3.58. The van der Waals surface area contributed by atoms with Crippen molar-refractivity contribution < 1.29 is 4.74 Å². The van der Waals surface area contributed by atoms with Gasteiger partial charge in [0.25, 0.3) is 0 Å². The number of nitrogens with one attached hydrogen (secondary N) is 1. The Labute approximate surface area is 112 Å². The minimum absolute atomic E-state index is 0.0928. The fourth-order valence-corrected chi connectivity index (χ4v) is 2.93. The maximum absolute atomic E-state index is 5.62. The average molecular weight is 298 g/mol. The second kappa shape index (κ2) is 5.51. The van der Waals surface area contributed by atoms with E-state index in [1.54, 1.807) is 0 Å². The van der Waals surface area contributed by atoms with E-state index in [4.69, 9.17) is 4.74 Å². The Morgan fingerprint density at radius 3 is 2.65 bits per heavy atom. The molecule has 1 aromatic carbocycles. The molecule has 0 aliphatic heterocycles. The Kier molecular flexibility index (Phi) is 4.23. The number of hydrogen-bond donors (Lipinski definition) is 1. The maximum Gasteiger partial charge on any atom is 0.0802 e. The van der Waals surface area contributed by atoms with Crippen LogP contribution in [-0.4, -0.2) is 19.3 Å². The first kappa shape index (κ1) is 13.1. The summed E-state index contributed by atoms with van der Waals surface area (Å²) in [7, 11) is 1.82. The summed E-state index contributed by atoms with van der Waals surface area (Å²) in [4.78, 5) is 0. The van der Waals surface area contributed by atoms with Gasteiger partial charge in [-0.3, -0.25) is 0 Å². The number of methoxy groups -OCH3 is 1. The molecule has 17 heavy (non-hydrogen) atoms. The van der Waals surface area contributed by atoms with Crippen molar-refractivity contribution in [3.63, 3.8) is 0 Å². The molecule has 2 rings (SSSR count). The summed E-state index contributed by atoms with van der Waals surface area (Å²) in [6.45, 7) is 3.13. The van der Waals surface area contributed by atoms with Crippen LogP contribution in [0.25, 0.3) is 0 Å². The Bertz CT molecular complexity index is 371. The lowest BCUT2D eigenvalue weighted by Gasteiger charge is -2.41. The van der Waals surface area contributed by atoms with E-state index in [1.807, 2.05) is 13.2 Å². The Balaban J connectivity index is 1.93. The minimum atomic E-state index is 0.0928. The van der Waals surface area contributed by atoms with E-state index < -0.39 is 0 Å². The molecule has 1 unspecified atom stereocenters. The average Bonchev–Trinajstić information content (AvgIpc) is 2.28. The zero-order chi connectivity index (χ0) is 12.3. The molecule has 2 nitrogen and oxygen atoms in total. The van der Waals surface area contributed by atoms with Crippen molar-refractivity contribution in [3.8, 4) is 0 Å². The predicted octanol–water partition coefficient (Wildman–Crippen LogP) is 3.67. The normalized spacial score (nSPS) is 19.7. The van der Waals surface area contributed by atoms with Gasteiger partial charge in [-0.15, -0.1) is 0 Å². The quantitative estimate of drug-likeness (QED) is 0.895. The van der Waals surface area contributed by atoms with Crippen molar-refractivity contribution in [3.05, 3.63) is 34.3 Å². The van der Waals surface area contributed by atoms with Crippen LogP contribution in [0.3, 0.4) is 0 Å². The van der Waals surface area contributed by atoms with Crippen molar-refractivity contribution >= 4 is 15.9 Å². The number of hydrogen-bond acceptors (Lipinski definition) is 2. The molecule has 1 saturated carbocycles. The van der Waals surface area contributed by atoms with Gasteiger partial charge in [0.15, 0.2) is 0 Å². The minimum Gasteiger partial charge on any atom is -0.377 e. The van der Waals surface area contributed by atoms with Gasteiger partial charge in [-0.05, 0) is 37.8 Å². The van der Waals surface area contributed by atoms with Gasteiger partial charge in [-0.25, -0.2) is 0 Å². The molecule has 1 fully saturated rings. The topological polar surface area (TPSA) is 21.3 Å². The zero-order valence-corrected chi connectivity index (χ0v) is 12.1. The van der Waals surface area contributed by atoms with Crippen LogP contribution in [0.4, 0.5) is 0 Å². The van der Waals surface area contributed by atoms with Crippen molar-refractivity contribution in [1.82, 2.24) is 5.32 Å². The first-order valence-corrected chi connectivity index (χ1v) is 6.99. The Morgan fingerprint density at radius 1 is 1.41 bits per heavy atom. The van der Waals surface area contributed by atoms with Gasteiger partial charge in [-0.1, -0.05) is 34.1 Å². The highest BCUT2D eigenvalue weighted by molar-refractivity contribution is 9.10. The SMILES string of the molecule is COC1(CNC(C)c2ccccc2Br)CCC1. The van der Waals surface area contributed by atoms with Crippen LogP contribution in [0.5, 0.6) is 0 Å². The van der Waals surface area contributed by atoms with Gasteiger partial charge in [0.2, 0.25) is 0 Å². The highest BCUT2D eigenvalue weighted by Crippen LogP contribution is 2.35. The number of benzene rings is 1. The summed E-state index contributed by atoms with van der Waals surface area (Å²) in [5.74, 6) is 0. The molecule has 1 atom stereocenters. The summed E-state index contributed by atoms with van der Waals surface area (Å²) in [6, 6.07) is 8.71. The molecule has 1 aliphatic rings. The zero-order valence-electron chi connectivity index (χ0n) is 10.5. The largest absolute Gasteiger partial charge is 0.377 e. The van der Waals surface area contributed by atoms with E-state index in [0.717, 1.165) is 6.54 Å². The van der Waals surface area contributed by atoms with Gasteiger partial charge in [-0.2, -0.15) is 0 Å². The van der Waals surface area contributed by atoms with Gasteiger partial charge in [0, 0.05) is 24.2 Å². The Morgan fingerprint density at radius 2 is 2.12 bits per heavy atom. The predicted molar refractivity (Wildman–Crippen MR) is 74.2 cm³/mol. The second-order valence-electron chi connectivity index (χ2n) is 4.86. The third-order valence-electron chi connectivity index (χ3n) is 3.80. The Hall–Kier alpha value is -0.380. The smallest absolute Gasteiger partial charge is 0.0802 e. The molecule has 0 spiro atoms. The molecule has 94 valence electrons. The van der Waals surface area contributed by atoms with Crippen LogP contribution in [0.2, 0.25) is 0 Å². The highest BCUT2D eigenvalue weighted by Gasteiger charge is 2.36. The first-order chi connectivity index (χ1) is 8.17. The van der Waals surface area contributed by atoms with Crippen molar-refractivity contribution in [2.75, 3.05) is 13.7 Å². The number of rotatable bonds is 5. The third kappa shape index (κ3) is 2.90. The highest BCUT2D eigenvalue weighted by atomic mass is 79.9. The lowest BCUT2D eigenvalue weighted by Crippen LogP contribution is -2.48. The standard InChI is InChI=1S/C14H20BrNO/c1-11(12-6-3-4-7-13(12)15)16-10-14(17-2)8-5-9-14/h3-4,6-7,11,16H,5,8-10H2,1-2H3. The summed E-state index contributed by atoms with van der Waals surface area (Å²) in [6.07, 6.45) is 3.65. The molecular weight excluding hydrogens is 278 g/mol. The van der Waals surface area contributed by atoms with Gasteiger partial charge in [0.05, 0.1) is 5.60 Å². The maximum atomic E-state index is 5.62. The molecule has 1 aromatic rings. The van der Waals surface area contributed by atoms with E-state index in [9.17, 15) is 0 Å². The fraction of sp³-hybridized carbons (Fsp3) is 0.571. The van der Waals surface area contributed by atoms with Gasteiger partial charge < -0.3 is 10.1 Å². The fourth-order valence-electron chi connectivity index (χ4n) is 2.30. The molecule has 0 bridgehead atoms. The van der Waals surface area contributed by atoms with Gasteiger partial charge >= 0.3 is 0 Å². The monoisotopic (exact) mass is 297 g/mol. The van der Waals surface area contributed by atoms with E-state index in [-0.39, 0.29) is 5.60 Å². The molecule has 0 aromatic heterocycles. The van der Waals surface area contributed by atoms with Crippen molar-refractivity contribution in [2.45, 2.75) is 37.8 Å². The summed E-state index contributed by atoms with van der Waals surface area (Å²) < 4.78 is 6.78.